The van der Waals surface area contributed by atoms with Crippen LogP contribution < -0.4 is 15.8 Å². The van der Waals surface area contributed by atoms with Gasteiger partial charge < -0.3 is 9.38 Å². The van der Waals surface area contributed by atoms with Gasteiger partial charge in [-0.25, -0.2) is 0 Å². The first-order chi connectivity index (χ1) is 26.4. The number of nitrogens with zero attached hydrogens (tertiary/aromatic N) is 2. The maximum absolute atomic E-state index is 2.69. The minimum atomic E-state index is -0.0232. The fourth-order valence-corrected chi connectivity index (χ4v) is 10.1. The molecule has 0 fully saturated rings. The highest BCUT2D eigenvalue weighted by atomic mass is 15.2. The summed E-state index contributed by atoms with van der Waals surface area (Å²) in [5, 5.41) is 10.6. The quantitative estimate of drug-likeness (QED) is 0.122. The molecule has 0 radical (unpaired) electrons. The first kappa shape index (κ1) is 32.6. The van der Waals surface area contributed by atoms with E-state index in [1.807, 2.05) is 0 Å². The van der Waals surface area contributed by atoms with E-state index < -0.39 is 0 Å². The Bertz CT molecular complexity index is 3120. The van der Waals surface area contributed by atoms with E-state index in [2.05, 4.69) is 192 Å². The van der Waals surface area contributed by atoms with Crippen LogP contribution in [0.2, 0.25) is 0 Å². The lowest BCUT2D eigenvalue weighted by Gasteiger charge is -2.42. The van der Waals surface area contributed by atoms with Crippen LogP contribution in [0, 0.1) is 13.8 Å². The fourth-order valence-electron chi connectivity index (χ4n) is 10.1. The molecule has 266 valence electrons. The Morgan fingerprint density at radius 2 is 1.07 bits per heavy atom. The Kier molecular flexibility index (Phi) is 6.47. The summed E-state index contributed by atoms with van der Waals surface area (Å²) in [6.45, 7) is 18.7. The highest BCUT2D eigenvalue weighted by Crippen LogP contribution is 2.49. The van der Waals surface area contributed by atoms with Crippen LogP contribution in [0.15, 0.2) is 127 Å². The van der Waals surface area contributed by atoms with Gasteiger partial charge in [-0.3, -0.25) is 0 Å². The lowest BCUT2D eigenvalue weighted by Crippen LogP contribution is -2.56. The number of rotatable bonds is 1. The van der Waals surface area contributed by atoms with E-state index in [1.54, 1.807) is 0 Å². The lowest BCUT2D eigenvalue weighted by atomic mass is 9.44. The predicted octanol–water partition coefficient (Wildman–Crippen LogP) is 12.9. The second kappa shape index (κ2) is 10.9. The third-order valence-corrected chi connectivity index (χ3v) is 13.0. The van der Waals surface area contributed by atoms with Crippen molar-refractivity contribution in [1.82, 2.24) is 4.48 Å². The number of aryl methyl sites for hydroxylation is 2. The first-order valence-electron chi connectivity index (χ1n) is 19.9. The smallest absolute Gasteiger partial charge is 0.333 e. The van der Waals surface area contributed by atoms with Crippen molar-refractivity contribution in [3.8, 4) is 11.1 Å². The Labute approximate surface area is 324 Å². The van der Waals surface area contributed by atoms with Crippen LogP contribution >= 0.6 is 0 Å². The predicted molar refractivity (Wildman–Crippen MR) is 239 cm³/mol. The summed E-state index contributed by atoms with van der Waals surface area (Å²) in [4.78, 5) is 2.64. The molecule has 0 unspecified atom stereocenters. The van der Waals surface area contributed by atoms with Crippen LogP contribution in [0.25, 0.3) is 65.3 Å². The summed E-state index contributed by atoms with van der Waals surface area (Å²) in [5.74, 6) is 0. The van der Waals surface area contributed by atoms with E-state index in [9.17, 15) is 0 Å². The molecule has 3 heteroatoms. The van der Waals surface area contributed by atoms with Crippen LogP contribution in [-0.4, -0.2) is 11.3 Å². The largest absolute Gasteiger partial charge is 0.375 e. The fraction of sp³-hybridized carbons (Fsp3) is 0.192. The molecular weight excluding hydrogens is 663 g/mol. The molecule has 0 saturated carbocycles. The Morgan fingerprint density at radius 1 is 0.491 bits per heavy atom. The Hall–Kier alpha value is -5.80. The zero-order valence-corrected chi connectivity index (χ0v) is 33.1. The molecule has 2 aliphatic rings. The van der Waals surface area contributed by atoms with Crippen LogP contribution in [0.5, 0.6) is 0 Å². The molecular formula is C52H45BN2. The molecule has 0 saturated heterocycles. The van der Waals surface area contributed by atoms with Crippen molar-refractivity contribution in [2.24, 2.45) is 0 Å². The Morgan fingerprint density at radius 3 is 1.75 bits per heavy atom. The maximum Gasteiger partial charge on any atom is 0.333 e. The molecule has 55 heavy (non-hydrogen) atoms. The van der Waals surface area contributed by atoms with Crippen molar-refractivity contribution in [2.75, 3.05) is 4.90 Å². The van der Waals surface area contributed by atoms with Crippen LogP contribution in [-0.2, 0) is 10.8 Å². The number of hydrogen-bond acceptors (Lipinski definition) is 1. The summed E-state index contributed by atoms with van der Waals surface area (Å²) >= 11 is 0. The zero-order valence-electron chi connectivity index (χ0n) is 33.1. The number of benzene rings is 8. The van der Waals surface area contributed by atoms with Gasteiger partial charge in [-0.1, -0.05) is 139 Å². The molecule has 0 spiro atoms. The van der Waals surface area contributed by atoms with Gasteiger partial charge in [-0.2, -0.15) is 0 Å². The van der Waals surface area contributed by atoms with E-state index >= 15 is 0 Å². The summed E-state index contributed by atoms with van der Waals surface area (Å²) in [5.41, 5.74) is 17.2. The molecule has 1 aromatic heterocycles. The molecule has 9 aromatic rings. The standard InChI is InChI=1S/C52H45BN2/c1-30-36-17-11-12-18-37(36)31(2)43-29-46-44(28-42(30)43)53-49-47(54(46)35-26-33(51(3,4)5)25-34(27-35)52(6,7)8)24-32-16-9-10-19-38(32)48(49)41-22-15-21-40-39-20-13-14-23-45(39)55(53)50(40)41/h9-29H,1-8H3. The van der Waals surface area contributed by atoms with Crippen LogP contribution in [0.4, 0.5) is 17.1 Å². The van der Waals surface area contributed by atoms with Crippen molar-refractivity contribution >= 4 is 89.0 Å². The van der Waals surface area contributed by atoms with Gasteiger partial charge in [0, 0.05) is 44.4 Å². The number of anilines is 3. The highest BCUT2D eigenvalue weighted by Gasteiger charge is 2.44. The summed E-state index contributed by atoms with van der Waals surface area (Å²) in [6, 6.07) is 49.1. The van der Waals surface area contributed by atoms with Gasteiger partial charge in [0.1, 0.15) is 0 Å². The molecule has 8 aromatic carbocycles. The zero-order chi connectivity index (χ0) is 37.7. The van der Waals surface area contributed by atoms with E-state index in [4.69, 9.17) is 0 Å². The molecule has 2 nitrogen and oxygen atoms in total. The Balaban J connectivity index is 1.37. The van der Waals surface area contributed by atoms with Gasteiger partial charge in [0.05, 0.1) is 0 Å². The number of para-hydroxylation sites is 2. The number of aromatic nitrogens is 1. The normalized spacial score (nSPS) is 13.7. The van der Waals surface area contributed by atoms with E-state index in [0.717, 1.165) is 0 Å². The van der Waals surface area contributed by atoms with Gasteiger partial charge in [0.2, 0.25) is 0 Å². The minimum absolute atomic E-state index is 0.0124. The van der Waals surface area contributed by atoms with Crippen LogP contribution in [0.3, 0.4) is 0 Å². The average molecular weight is 709 g/mol. The van der Waals surface area contributed by atoms with Gasteiger partial charge in [-0.05, 0) is 126 Å². The van der Waals surface area contributed by atoms with Gasteiger partial charge in [0.15, 0.2) is 0 Å². The first-order valence-corrected chi connectivity index (χ1v) is 19.9. The molecule has 2 aliphatic heterocycles. The molecule has 0 aliphatic carbocycles. The average Bonchev–Trinajstić information content (AvgIpc) is 3.51. The van der Waals surface area contributed by atoms with Crippen molar-refractivity contribution in [2.45, 2.75) is 66.2 Å². The van der Waals surface area contributed by atoms with Crippen LogP contribution in [0.1, 0.15) is 63.8 Å². The summed E-state index contributed by atoms with van der Waals surface area (Å²) in [7, 11) is 0. The highest BCUT2D eigenvalue weighted by molar-refractivity contribution is 6.90. The lowest BCUT2D eigenvalue weighted by molar-refractivity contribution is 0.569. The summed E-state index contributed by atoms with van der Waals surface area (Å²) < 4.78 is 2.69. The molecule has 11 rings (SSSR count). The second-order valence-corrected chi connectivity index (χ2v) is 18.3. The monoisotopic (exact) mass is 708 g/mol. The summed E-state index contributed by atoms with van der Waals surface area (Å²) in [6.07, 6.45) is 0. The van der Waals surface area contributed by atoms with Crippen molar-refractivity contribution in [3.05, 3.63) is 150 Å². The van der Waals surface area contributed by atoms with Crippen molar-refractivity contribution < 1.29 is 0 Å². The minimum Gasteiger partial charge on any atom is -0.375 e. The topological polar surface area (TPSA) is 8.17 Å². The molecule has 0 atom stereocenters. The van der Waals surface area contributed by atoms with E-state index in [1.165, 1.54) is 115 Å². The van der Waals surface area contributed by atoms with E-state index in [0.29, 0.717) is 0 Å². The van der Waals surface area contributed by atoms with Gasteiger partial charge in [0.25, 0.3) is 0 Å². The second-order valence-electron chi connectivity index (χ2n) is 18.3. The molecule has 0 bridgehead atoms. The third kappa shape index (κ3) is 4.38. The molecule has 0 N–H and O–H groups in total. The van der Waals surface area contributed by atoms with E-state index in [-0.39, 0.29) is 17.7 Å². The number of fused-ring (bicyclic) bond motifs is 11. The van der Waals surface area contributed by atoms with Gasteiger partial charge in [-0.15, -0.1) is 0 Å². The molecule has 0 amide bonds. The SMILES string of the molecule is Cc1c2ccccc2c(C)c2cc3c(cc12)B1c2c(cc4ccccc4c2-c2cccc4c5ccccc5n1c24)N3c1cc(C(C)(C)C)cc(C(C)(C)C)c1. The van der Waals surface area contributed by atoms with Crippen molar-refractivity contribution in [3.63, 3.8) is 0 Å². The molecule has 3 heterocycles. The third-order valence-electron chi connectivity index (χ3n) is 13.0. The number of hydrogen-bond donors (Lipinski definition) is 0. The van der Waals surface area contributed by atoms with Gasteiger partial charge >= 0.3 is 6.85 Å². The maximum atomic E-state index is 2.69. The van der Waals surface area contributed by atoms with Crippen molar-refractivity contribution in [1.29, 1.82) is 0 Å².